The summed E-state index contributed by atoms with van der Waals surface area (Å²) in [6.07, 6.45) is 6.12. The highest BCUT2D eigenvalue weighted by Gasteiger charge is 2.32. The molecule has 88 valence electrons. The van der Waals surface area contributed by atoms with Crippen LogP contribution < -0.4 is 5.73 Å². The summed E-state index contributed by atoms with van der Waals surface area (Å²) in [6, 6.07) is 5.90. The van der Waals surface area contributed by atoms with Crippen molar-refractivity contribution in [3.05, 3.63) is 33.8 Å². The molecule has 0 amide bonds. The lowest BCUT2D eigenvalue weighted by Crippen LogP contribution is -2.29. The summed E-state index contributed by atoms with van der Waals surface area (Å²) >= 11 is 11.9. The minimum Gasteiger partial charge on any atom is -0.330 e. The van der Waals surface area contributed by atoms with Gasteiger partial charge < -0.3 is 5.73 Å². The SMILES string of the molecule is NCC1(Cc2ccc(Cl)c(Cl)c2)CCCC1. The van der Waals surface area contributed by atoms with Gasteiger partial charge in [-0.05, 0) is 48.9 Å². The van der Waals surface area contributed by atoms with Gasteiger partial charge in [0.2, 0.25) is 0 Å². The van der Waals surface area contributed by atoms with Crippen LogP contribution in [-0.2, 0) is 6.42 Å². The molecule has 0 aromatic heterocycles. The third-order valence-electron chi connectivity index (χ3n) is 3.66. The Morgan fingerprint density at radius 3 is 2.38 bits per heavy atom. The van der Waals surface area contributed by atoms with Crippen molar-refractivity contribution in [2.24, 2.45) is 11.1 Å². The maximum atomic E-state index is 6.02. The van der Waals surface area contributed by atoms with Gasteiger partial charge >= 0.3 is 0 Å². The van der Waals surface area contributed by atoms with Gasteiger partial charge in [-0.25, -0.2) is 0 Å². The summed E-state index contributed by atoms with van der Waals surface area (Å²) < 4.78 is 0. The number of rotatable bonds is 3. The molecule has 0 spiro atoms. The molecule has 2 N–H and O–H groups in total. The lowest BCUT2D eigenvalue weighted by atomic mass is 9.80. The summed E-state index contributed by atoms with van der Waals surface area (Å²) in [5, 5.41) is 1.27. The molecule has 0 unspecified atom stereocenters. The van der Waals surface area contributed by atoms with Crippen molar-refractivity contribution in [1.82, 2.24) is 0 Å². The van der Waals surface area contributed by atoms with Crippen molar-refractivity contribution in [2.45, 2.75) is 32.1 Å². The lowest BCUT2D eigenvalue weighted by molar-refractivity contribution is 0.306. The van der Waals surface area contributed by atoms with Crippen LogP contribution in [0.2, 0.25) is 10.0 Å². The first-order valence-corrected chi connectivity index (χ1v) is 6.55. The fourth-order valence-electron chi connectivity index (χ4n) is 2.66. The zero-order valence-corrected chi connectivity index (χ0v) is 10.8. The molecular formula is C13H17Cl2N. The van der Waals surface area contributed by atoms with Crippen LogP contribution in [0.25, 0.3) is 0 Å². The van der Waals surface area contributed by atoms with Gasteiger partial charge in [-0.1, -0.05) is 42.1 Å². The molecule has 3 heteroatoms. The Labute approximate surface area is 107 Å². The molecule has 1 saturated carbocycles. The second-order valence-corrected chi connectivity index (χ2v) is 5.65. The van der Waals surface area contributed by atoms with E-state index in [0.29, 0.717) is 15.5 Å². The summed E-state index contributed by atoms with van der Waals surface area (Å²) in [4.78, 5) is 0. The monoisotopic (exact) mass is 257 g/mol. The van der Waals surface area contributed by atoms with Crippen molar-refractivity contribution in [2.75, 3.05) is 6.54 Å². The van der Waals surface area contributed by atoms with Gasteiger partial charge in [-0.2, -0.15) is 0 Å². The topological polar surface area (TPSA) is 26.0 Å². The molecule has 0 saturated heterocycles. The minimum absolute atomic E-state index is 0.303. The molecular weight excluding hydrogens is 241 g/mol. The number of benzene rings is 1. The predicted octanol–water partition coefficient (Wildman–Crippen LogP) is 4.06. The molecule has 0 atom stereocenters. The highest BCUT2D eigenvalue weighted by molar-refractivity contribution is 6.42. The highest BCUT2D eigenvalue weighted by atomic mass is 35.5. The molecule has 0 aliphatic heterocycles. The molecule has 0 bridgehead atoms. The van der Waals surface area contributed by atoms with E-state index in [4.69, 9.17) is 28.9 Å². The third kappa shape index (κ3) is 2.53. The first-order chi connectivity index (χ1) is 7.65. The molecule has 16 heavy (non-hydrogen) atoms. The van der Waals surface area contributed by atoms with E-state index >= 15 is 0 Å². The molecule has 1 aliphatic carbocycles. The van der Waals surface area contributed by atoms with Gasteiger partial charge in [-0.3, -0.25) is 0 Å². The first-order valence-electron chi connectivity index (χ1n) is 5.79. The maximum Gasteiger partial charge on any atom is 0.0595 e. The maximum absolute atomic E-state index is 6.02. The number of nitrogens with two attached hydrogens (primary N) is 1. The molecule has 2 rings (SSSR count). The van der Waals surface area contributed by atoms with E-state index in [9.17, 15) is 0 Å². The van der Waals surface area contributed by atoms with Gasteiger partial charge in [0.15, 0.2) is 0 Å². The summed E-state index contributed by atoms with van der Waals surface area (Å²) in [5.74, 6) is 0. The molecule has 0 heterocycles. The summed E-state index contributed by atoms with van der Waals surface area (Å²) in [7, 11) is 0. The van der Waals surface area contributed by atoms with E-state index in [0.717, 1.165) is 13.0 Å². The van der Waals surface area contributed by atoms with Crippen LogP contribution >= 0.6 is 23.2 Å². The minimum atomic E-state index is 0.303. The second kappa shape index (κ2) is 4.95. The largest absolute Gasteiger partial charge is 0.330 e. The smallest absolute Gasteiger partial charge is 0.0595 e. The van der Waals surface area contributed by atoms with Crippen molar-refractivity contribution in [3.63, 3.8) is 0 Å². The second-order valence-electron chi connectivity index (χ2n) is 4.84. The molecule has 1 aromatic rings. The van der Waals surface area contributed by atoms with Gasteiger partial charge in [-0.15, -0.1) is 0 Å². The molecule has 1 nitrogen and oxygen atoms in total. The van der Waals surface area contributed by atoms with E-state index in [1.165, 1.54) is 31.2 Å². The van der Waals surface area contributed by atoms with E-state index in [2.05, 4.69) is 6.07 Å². The Bertz CT molecular complexity index is 370. The van der Waals surface area contributed by atoms with E-state index in [-0.39, 0.29) is 0 Å². The van der Waals surface area contributed by atoms with Crippen molar-refractivity contribution >= 4 is 23.2 Å². The van der Waals surface area contributed by atoms with Crippen LogP contribution in [0.1, 0.15) is 31.2 Å². The van der Waals surface area contributed by atoms with Crippen LogP contribution in [-0.4, -0.2) is 6.54 Å². The van der Waals surface area contributed by atoms with Crippen LogP contribution in [0.5, 0.6) is 0 Å². The number of hydrogen-bond acceptors (Lipinski definition) is 1. The van der Waals surface area contributed by atoms with Crippen LogP contribution in [0.3, 0.4) is 0 Å². The third-order valence-corrected chi connectivity index (χ3v) is 4.40. The van der Waals surface area contributed by atoms with Crippen molar-refractivity contribution in [3.8, 4) is 0 Å². The van der Waals surface area contributed by atoms with Gasteiger partial charge in [0.05, 0.1) is 10.0 Å². The Hall–Kier alpha value is -0.240. The standard InChI is InChI=1S/C13H17Cl2N/c14-11-4-3-10(7-12(11)15)8-13(9-16)5-1-2-6-13/h3-4,7H,1-2,5-6,8-9,16H2. The Balaban J connectivity index is 2.16. The fourth-order valence-corrected chi connectivity index (χ4v) is 2.98. The highest BCUT2D eigenvalue weighted by Crippen LogP contribution is 2.40. The Morgan fingerprint density at radius 1 is 1.12 bits per heavy atom. The average Bonchev–Trinajstić information content (AvgIpc) is 2.73. The lowest BCUT2D eigenvalue weighted by Gasteiger charge is -2.27. The zero-order valence-electron chi connectivity index (χ0n) is 9.31. The van der Waals surface area contributed by atoms with Crippen LogP contribution in [0, 0.1) is 5.41 Å². The van der Waals surface area contributed by atoms with Crippen molar-refractivity contribution in [1.29, 1.82) is 0 Å². The van der Waals surface area contributed by atoms with Gasteiger partial charge in [0.25, 0.3) is 0 Å². The Morgan fingerprint density at radius 2 is 1.81 bits per heavy atom. The summed E-state index contributed by atoms with van der Waals surface area (Å²) in [5.41, 5.74) is 7.48. The normalized spacial score (nSPS) is 18.9. The quantitative estimate of drug-likeness (QED) is 0.869. The van der Waals surface area contributed by atoms with Gasteiger partial charge in [0.1, 0.15) is 0 Å². The molecule has 1 aromatic carbocycles. The van der Waals surface area contributed by atoms with Gasteiger partial charge in [0, 0.05) is 0 Å². The van der Waals surface area contributed by atoms with E-state index < -0.39 is 0 Å². The average molecular weight is 258 g/mol. The Kier molecular flexibility index (Phi) is 3.78. The van der Waals surface area contributed by atoms with Crippen LogP contribution in [0.4, 0.5) is 0 Å². The van der Waals surface area contributed by atoms with Crippen molar-refractivity contribution < 1.29 is 0 Å². The molecule has 1 aliphatic rings. The number of halogens is 2. The van der Waals surface area contributed by atoms with E-state index in [1.807, 2.05) is 12.1 Å². The fraction of sp³-hybridized carbons (Fsp3) is 0.538. The first kappa shape index (κ1) is 12.2. The predicted molar refractivity (Wildman–Crippen MR) is 70.1 cm³/mol. The van der Waals surface area contributed by atoms with E-state index in [1.54, 1.807) is 0 Å². The zero-order chi connectivity index (χ0) is 11.6. The summed E-state index contributed by atoms with van der Waals surface area (Å²) in [6.45, 7) is 0.771. The van der Waals surface area contributed by atoms with Crippen LogP contribution in [0.15, 0.2) is 18.2 Å². The number of hydrogen-bond donors (Lipinski definition) is 1. The molecule has 1 fully saturated rings. The molecule has 0 radical (unpaired) electrons.